The zero-order chi connectivity index (χ0) is 12.4. The lowest BCUT2D eigenvalue weighted by atomic mass is 10.2. The molecule has 0 aromatic rings. The molecule has 2 saturated heterocycles. The number of nitrogens with one attached hydrogen (secondary N) is 1. The molecule has 19 heavy (non-hydrogen) atoms. The number of guanidine groups is 1. The molecule has 3 aliphatic rings. The average Bonchev–Trinajstić information content (AvgIpc) is 3.11. The first-order valence-corrected chi connectivity index (χ1v) is 7.17. The van der Waals surface area contributed by atoms with E-state index in [0.29, 0.717) is 12.1 Å². The minimum Gasteiger partial charge on any atom is -0.379 e. The summed E-state index contributed by atoms with van der Waals surface area (Å²) in [7, 11) is 1.90. The molecule has 3 fully saturated rings. The molecule has 0 amide bonds. The highest BCUT2D eigenvalue weighted by atomic mass is 127. The number of hydrogen-bond donors (Lipinski definition) is 1. The fourth-order valence-corrected chi connectivity index (χ4v) is 2.88. The summed E-state index contributed by atoms with van der Waals surface area (Å²) in [6.07, 6.45) is 3.87. The van der Waals surface area contributed by atoms with E-state index < -0.39 is 0 Å². The van der Waals surface area contributed by atoms with Crippen molar-refractivity contribution < 1.29 is 4.74 Å². The van der Waals surface area contributed by atoms with E-state index in [-0.39, 0.29) is 24.0 Å². The molecule has 110 valence electrons. The van der Waals surface area contributed by atoms with Crippen LogP contribution >= 0.6 is 24.0 Å². The normalized spacial score (nSPS) is 29.2. The molecule has 6 heteroatoms. The summed E-state index contributed by atoms with van der Waals surface area (Å²) >= 11 is 0. The Bertz CT molecular complexity index is 316. The van der Waals surface area contributed by atoms with Crippen molar-refractivity contribution >= 4 is 29.9 Å². The molecule has 3 rings (SSSR count). The standard InChI is InChI=1S/C13H24N4O.HI/c1-14-13(15-11-2-3-11)17-5-4-12(10-17)16-6-8-18-9-7-16;/h11-12H,2-10H2,1H3,(H,14,15);1H. The second-order valence-corrected chi connectivity index (χ2v) is 5.50. The zero-order valence-corrected chi connectivity index (χ0v) is 14.0. The van der Waals surface area contributed by atoms with Gasteiger partial charge in [-0.2, -0.15) is 0 Å². The maximum atomic E-state index is 5.42. The summed E-state index contributed by atoms with van der Waals surface area (Å²) in [5.41, 5.74) is 0. The van der Waals surface area contributed by atoms with Crippen molar-refractivity contribution in [1.29, 1.82) is 0 Å². The molecule has 5 nitrogen and oxygen atoms in total. The Balaban J connectivity index is 0.00000133. The quantitative estimate of drug-likeness (QED) is 0.436. The molecule has 2 aliphatic heterocycles. The number of likely N-dealkylation sites (tertiary alicyclic amines) is 1. The summed E-state index contributed by atoms with van der Waals surface area (Å²) in [5.74, 6) is 1.10. The lowest BCUT2D eigenvalue weighted by Gasteiger charge is -2.32. The fourth-order valence-electron chi connectivity index (χ4n) is 2.88. The van der Waals surface area contributed by atoms with Gasteiger partial charge >= 0.3 is 0 Å². The van der Waals surface area contributed by atoms with Gasteiger partial charge in [0.2, 0.25) is 0 Å². The van der Waals surface area contributed by atoms with Crippen LogP contribution in [-0.2, 0) is 4.74 Å². The van der Waals surface area contributed by atoms with Crippen LogP contribution in [0.1, 0.15) is 19.3 Å². The summed E-state index contributed by atoms with van der Waals surface area (Å²) < 4.78 is 5.42. The zero-order valence-electron chi connectivity index (χ0n) is 11.7. The second-order valence-electron chi connectivity index (χ2n) is 5.50. The topological polar surface area (TPSA) is 40.1 Å². The van der Waals surface area contributed by atoms with Crippen molar-refractivity contribution in [1.82, 2.24) is 15.1 Å². The highest BCUT2D eigenvalue weighted by Gasteiger charge is 2.32. The molecule has 1 N–H and O–H groups in total. The average molecular weight is 380 g/mol. The van der Waals surface area contributed by atoms with Gasteiger partial charge in [-0.3, -0.25) is 9.89 Å². The number of ether oxygens (including phenoxy) is 1. The highest BCUT2D eigenvalue weighted by molar-refractivity contribution is 14.0. The van der Waals surface area contributed by atoms with Crippen LogP contribution in [0.3, 0.4) is 0 Å². The molecule has 1 atom stereocenters. The largest absolute Gasteiger partial charge is 0.379 e. The molecule has 0 radical (unpaired) electrons. The Morgan fingerprint density at radius 2 is 1.89 bits per heavy atom. The Morgan fingerprint density at radius 1 is 1.16 bits per heavy atom. The predicted molar refractivity (Wildman–Crippen MR) is 87.3 cm³/mol. The molecule has 2 heterocycles. The molecular formula is C13H25IN4O. The SMILES string of the molecule is CN=C(NC1CC1)N1CCC(N2CCOCC2)C1.I. The molecular weight excluding hydrogens is 355 g/mol. The van der Waals surface area contributed by atoms with Crippen LogP contribution < -0.4 is 5.32 Å². The number of hydrogen-bond acceptors (Lipinski definition) is 3. The molecule has 1 saturated carbocycles. The third kappa shape index (κ3) is 3.95. The van der Waals surface area contributed by atoms with E-state index in [9.17, 15) is 0 Å². The Kier molecular flexibility index (Phi) is 5.70. The van der Waals surface area contributed by atoms with Gasteiger partial charge in [0, 0.05) is 45.3 Å². The fraction of sp³-hybridized carbons (Fsp3) is 0.923. The molecule has 1 aliphatic carbocycles. The maximum Gasteiger partial charge on any atom is 0.193 e. The van der Waals surface area contributed by atoms with Gasteiger partial charge in [-0.15, -0.1) is 24.0 Å². The van der Waals surface area contributed by atoms with E-state index in [1.54, 1.807) is 0 Å². The van der Waals surface area contributed by atoms with Gasteiger partial charge in [0.05, 0.1) is 13.2 Å². The number of halogens is 1. The molecule has 0 bridgehead atoms. The van der Waals surface area contributed by atoms with E-state index in [1.807, 2.05) is 7.05 Å². The van der Waals surface area contributed by atoms with Crippen molar-refractivity contribution in [3.63, 3.8) is 0 Å². The van der Waals surface area contributed by atoms with Gasteiger partial charge in [0.25, 0.3) is 0 Å². The maximum absolute atomic E-state index is 5.42. The van der Waals surface area contributed by atoms with Gasteiger partial charge in [0.1, 0.15) is 0 Å². The lowest BCUT2D eigenvalue weighted by Crippen LogP contribution is -2.47. The van der Waals surface area contributed by atoms with E-state index in [2.05, 4.69) is 20.1 Å². The summed E-state index contributed by atoms with van der Waals surface area (Å²) in [4.78, 5) is 9.41. The summed E-state index contributed by atoms with van der Waals surface area (Å²) in [5, 5.41) is 3.54. The minimum absolute atomic E-state index is 0. The van der Waals surface area contributed by atoms with Crippen LogP contribution in [-0.4, -0.2) is 74.3 Å². The second kappa shape index (κ2) is 7.08. The van der Waals surface area contributed by atoms with E-state index in [0.717, 1.165) is 45.4 Å². The Labute approximate surface area is 132 Å². The number of aliphatic imine (C=N–C) groups is 1. The van der Waals surface area contributed by atoms with Gasteiger partial charge in [-0.1, -0.05) is 0 Å². The minimum atomic E-state index is 0. The molecule has 0 aromatic heterocycles. The summed E-state index contributed by atoms with van der Waals surface area (Å²) in [6, 6.07) is 1.37. The van der Waals surface area contributed by atoms with E-state index in [1.165, 1.54) is 19.3 Å². The van der Waals surface area contributed by atoms with Crippen molar-refractivity contribution in [3.8, 4) is 0 Å². The molecule has 1 unspecified atom stereocenters. The van der Waals surface area contributed by atoms with Gasteiger partial charge in [-0.05, 0) is 19.3 Å². The monoisotopic (exact) mass is 380 g/mol. The smallest absolute Gasteiger partial charge is 0.193 e. The molecule has 0 spiro atoms. The number of morpholine rings is 1. The third-order valence-electron chi connectivity index (χ3n) is 4.15. The Morgan fingerprint density at radius 3 is 2.53 bits per heavy atom. The van der Waals surface area contributed by atoms with Gasteiger partial charge in [0.15, 0.2) is 5.96 Å². The van der Waals surface area contributed by atoms with Crippen LogP contribution in [0.5, 0.6) is 0 Å². The van der Waals surface area contributed by atoms with Crippen molar-refractivity contribution in [2.45, 2.75) is 31.3 Å². The predicted octanol–water partition coefficient (Wildman–Crippen LogP) is 0.749. The van der Waals surface area contributed by atoms with Crippen LogP contribution in [0.15, 0.2) is 4.99 Å². The molecule has 0 aromatic carbocycles. The van der Waals surface area contributed by atoms with Crippen LogP contribution in [0.4, 0.5) is 0 Å². The van der Waals surface area contributed by atoms with E-state index in [4.69, 9.17) is 4.74 Å². The summed E-state index contributed by atoms with van der Waals surface area (Å²) in [6.45, 7) is 6.22. The first-order chi connectivity index (χ1) is 8.86. The number of nitrogens with zero attached hydrogens (tertiary/aromatic N) is 3. The first-order valence-electron chi connectivity index (χ1n) is 7.17. The van der Waals surface area contributed by atoms with Crippen LogP contribution in [0, 0.1) is 0 Å². The van der Waals surface area contributed by atoms with Gasteiger partial charge in [-0.25, -0.2) is 0 Å². The number of rotatable bonds is 2. The van der Waals surface area contributed by atoms with Crippen LogP contribution in [0.25, 0.3) is 0 Å². The van der Waals surface area contributed by atoms with Crippen molar-refractivity contribution in [2.24, 2.45) is 4.99 Å². The first kappa shape index (κ1) is 15.3. The highest BCUT2D eigenvalue weighted by Crippen LogP contribution is 2.21. The van der Waals surface area contributed by atoms with Gasteiger partial charge < -0.3 is 15.0 Å². The van der Waals surface area contributed by atoms with Crippen molar-refractivity contribution in [2.75, 3.05) is 46.4 Å². The van der Waals surface area contributed by atoms with Crippen molar-refractivity contribution in [3.05, 3.63) is 0 Å². The lowest BCUT2D eigenvalue weighted by molar-refractivity contribution is 0.0195. The Hall–Kier alpha value is -0.0800. The van der Waals surface area contributed by atoms with Crippen LogP contribution in [0.2, 0.25) is 0 Å². The van der Waals surface area contributed by atoms with E-state index >= 15 is 0 Å². The third-order valence-corrected chi connectivity index (χ3v) is 4.15.